The molecule has 0 radical (unpaired) electrons. The van der Waals surface area contributed by atoms with Gasteiger partial charge in [0.1, 0.15) is 22.9 Å². The average Bonchev–Trinajstić information content (AvgIpc) is 3.53. The highest BCUT2D eigenvalue weighted by molar-refractivity contribution is 5.83. The second-order valence-electron chi connectivity index (χ2n) is 10.8. The van der Waals surface area contributed by atoms with Gasteiger partial charge in [0.25, 0.3) is 5.56 Å². The van der Waals surface area contributed by atoms with Crippen LogP contribution in [0.5, 0.6) is 17.2 Å². The Bertz CT molecular complexity index is 1870. The van der Waals surface area contributed by atoms with Crippen molar-refractivity contribution in [3.05, 3.63) is 105 Å². The van der Waals surface area contributed by atoms with E-state index in [0.717, 1.165) is 60.2 Å². The van der Waals surface area contributed by atoms with Crippen LogP contribution in [0.2, 0.25) is 0 Å². The Hall–Kier alpha value is -4.96. The molecule has 3 aromatic carbocycles. The van der Waals surface area contributed by atoms with Crippen LogP contribution in [0, 0.1) is 0 Å². The van der Waals surface area contributed by atoms with Crippen molar-refractivity contribution in [2.45, 2.75) is 13.1 Å². The molecule has 10 nitrogen and oxygen atoms in total. The van der Waals surface area contributed by atoms with E-state index in [2.05, 4.69) is 20.9 Å². The maximum Gasteiger partial charge on any atom is 0.332 e. The average molecular weight is 596 g/mol. The topological polar surface area (TPSA) is 94.0 Å². The van der Waals surface area contributed by atoms with E-state index in [-0.39, 0.29) is 24.3 Å². The SMILES string of the molecule is COc1ccc(-c2cc3c(=O)n(CCN4CCN(c5ccccc5OC)CC4)c(=O)n(Cc4ccccc4OC)c3[nH]2)cc1. The number of H-pyrrole nitrogens is 1. The van der Waals surface area contributed by atoms with Crippen LogP contribution in [-0.2, 0) is 13.1 Å². The first-order valence-electron chi connectivity index (χ1n) is 14.7. The number of hydrogen-bond acceptors (Lipinski definition) is 7. The van der Waals surface area contributed by atoms with Crippen LogP contribution in [0.15, 0.2) is 88.5 Å². The number of ether oxygens (including phenoxy) is 3. The first kappa shape index (κ1) is 29.1. The molecule has 0 bridgehead atoms. The van der Waals surface area contributed by atoms with Gasteiger partial charge in [0.15, 0.2) is 0 Å². The Kier molecular flexibility index (Phi) is 8.42. The third-order valence-corrected chi connectivity index (χ3v) is 8.36. The smallest absolute Gasteiger partial charge is 0.332 e. The second kappa shape index (κ2) is 12.7. The molecule has 0 aliphatic carbocycles. The minimum absolute atomic E-state index is 0.250. The van der Waals surface area contributed by atoms with E-state index in [1.807, 2.05) is 72.8 Å². The summed E-state index contributed by atoms with van der Waals surface area (Å²) in [5.41, 5.74) is 3.38. The van der Waals surface area contributed by atoms with E-state index in [0.29, 0.717) is 23.3 Å². The predicted molar refractivity (Wildman–Crippen MR) is 173 cm³/mol. The highest BCUT2D eigenvalue weighted by atomic mass is 16.5. The number of aromatic amines is 1. The molecule has 228 valence electrons. The number of aromatic nitrogens is 3. The van der Waals surface area contributed by atoms with Gasteiger partial charge in [-0.15, -0.1) is 0 Å². The van der Waals surface area contributed by atoms with E-state index in [1.54, 1.807) is 25.9 Å². The fourth-order valence-electron chi connectivity index (χ4n) is 5.91. The van der Waals surface area contributed by atoms with Gasteiger partial charge < -0.3 is 24.1 Å². The Morgan fingerprint density at radius 3 is 2.11 bits per heavy atom. The van der Waals surface area contributed by atoms with Gasteiger partial charge in [-0.3, -0.25) is 18.8 Å². The summed E-state index contributed by atoms with van der Waals surface area (Å²) in [6.07, 6.45) is 0. The highest BCUT2D eigenvalue weighted by Gasteiger charge is 2.22. The number of fused-ring (bicyclic) bond motifs is 1. The Labute approximate surface area is 255 Å². The third-order valence-electron chi connectivity index (χ3n) is 8.36. The molecule has 5 aromatic rings. The summed E-state index contributed by atoms with van der Waals surface area (Å²) in [6.45, 7) is 4.42. The summed E-state index contributed by atoms with van der Waals surface area (Å²) in [6, 6.07) is 25.1. The lowest BCUT2D eigenvalue weighted by Gasteiger charge is -2.36. The molecule has 6 rings (SSSR count). The van der Waals surface area contributed by atoms with Gasteiger partial charge in [-0.25, -0.2) is 4.79 Å². The van der Waals surface area contributed by atoms with Gasteiger partial charge in [-0.05, 0) is 54.1 Å². The summed E-state index contributed by atoms with van der Waals surface area (Å²) >= 11 is 0. The largest absolute Gasteiger partial charge is 0.497 e. The third kappa shape index (κ3) is 5.68. The molecule has 44 heavy (non-hydrogen) atoms. The predicted octanol–water partition coefficient (Wildman–Crippen LogP) is 4.05. The fourth-order valence-corrected chi connectivity index (χ4v) is 5.91. The molecule has 1 saturated heterocycles. The summed E-state index contributed by atoms with van der Waals surface area (Å²) < 4.78 is 19.4. The van der Waals surface area contributed by atoms with E-state index < -0.39 is 0 Å². The second-order valence-corrected chi connectivity index (χ2v) is 10.8. The number of piperazine rings is 1. The van der Waals surface area contributed by atoms with Gasteiger partial charge in [-0.2, -0.15) is 0 Å². The van der Waals surface area contributed by atoms with Crippen molar-refractivity contribution in [2.75, 3.05) is 59.0 Å². The number of para-hydroxylation sites is 3. The quantitative estimate of drug-likeness (QED) is 0.260. The van der Waals surface area contributed by atoms with Crippen molar-refractivity contribution >= 4 is 16.7 Å². The zero-order chi connectivity index (χ0) is 30.6. The zero-order valence-corrected chi connectivity index (χ0v) is 25.3. The number of benzene rings is 3. The number of hydrogen-bond donors (Lipinski definition) is 1. The lowest BCUT2D eigenvalue weighted by molar-refractivity contribution is 0.244. The van der Waals surface area contributed by atoms with E-state index in [4.69, 9.17) is 14.2 Å². The van der Waals surface area contributed by atoms with Crippen LogP contribution in [0.25, 0.3) is 22.3 Å². The van der Waals surface area contributed by atoms with Gasteiger partial charge in [-0.1, -0.05) is 30.3 Å². The van der Waals surface area contributed by atoms with Crippen molar-refractivity contribution in [1.29, 1.82) is 0 Å². The van der Waals surface area contributed by atoms with Crippen LogP contribution in [0.3, 0.4) is 0 Å². The fraction of sp³-hybridized carbons (Fsp3) is 0.294. The van der Waals surface area contributed by atoms with E-state index in [1.165, 1.54) is 4.57 Å². The molecule has 1 N–H and O–H groups in total. The molecule has 0 amide bonds. The van der Waals surface area contributed by atoms with Crippen LogP contribution in [0.4, 0.5) is 5.69 Å². The van der Waals surface area contributed by atoms with Gasteiger partial charge in [0, 0.05) is 50.5 Å². The van der Waals surface area contributed by atoms with Crippen LogP contribution >= 0.6 is 0 Å². The molecule has 3 heterocycles. The highest BCUT2D eigenvalue weighted by Crippen LogP contribution is 2.29. The molecule has 1 aliphatic heterocycles. The van der Waals surface area contributed by atoms with Crippen molar-refractivity contribution in [1.82, 2.24) is 19.0 Å². The lowest BCUT2D eigenvalue weighted by atomic mass is 10.1. The molecule has 0 atom stereocenters. The molecule has 0 saturated carbocycles. The van der Waals surface area contributed by atoms with E-state index >= 15 is 0 Å². The van der Waals surface area contributed by atoms with Gasteiger partial charge in [0.2, 0.25) is 0 Å². The number of rotatable bonds is 10. The molecular weight excluding hydrogens is 558 g/mol. The zero-order valence-electron chi connectivity index (χ0n) is 25.3. The summed E-state index contributed by atoms with van der Waals surface area (Å²) in [5.74, 6) is 2.28. The summed E-state index contributed by atoms with van der Waals surface area (Å²) in [7, 11) is 4.92. The van der Waals surface area contributed by atoms with Crippen molar-refractivity contribution in [3.8, 4) is 28.5 Å². The van der Waals surface area contributed by atoms with Gasteiger partial charge in [0.05, 0.1) is 38.9 Å². The van der Waals surface area contributed by atoms with Crippen LogP contribution < -0.4 is 30.4 Å². The Morgan fingerprint density at radius 2 is 1.41 bits per heavy atom. The van der Waals surface area contributed by atoms with Gasteiger partial charge >= 0.3 is 5.69 Å². The van der Waals surface area contributed by atoms with Crippen molar-refractivity contribution in [2.24, 2.45) is 0 Å². The molecule has 0 unspecified atom stereocenters. The molecule has 1 aliphatic rings. The summed E-state index contributed by atoms with van der Waals surface area (Å²) in [4.78, 5) is 35.8. The number of anilines is 1. The minimum atomic E-state index is -0.357. The minimum Gasteiger partial charge on any atom is -0.497 e. The molecule has 10 heteroatoms. The van der Waals surface area contributed by atoms with Crippen molar-refractivity contribution in [3.63, 3.8) is 0 Å². The normalized spacial score (nSPS) is 13.8. The molecular formula is C34H37N5O5. The number of nitrogens with one attached hydrogen (secondary N) is 1. The molecule has 2 aromatic heterocycles. The Morgan fingerprint density at radius 1 is 0.727 bits per heavy atom. The maximum atomic E-state index is 14.0. The number of nitrogens with zero attached hydrogens (tertiary/aromatic N) is 4. The van der Waals surface area contributed by atoms with Crippen molar-refractivity contribution < 1.29 is 14.2 Å². The van der Waals surface area contributed by atoms with Crippen LogP contribution in [-0.4, -0.2) is 73.1 Å². The Balaban J connectivity index is 1.31. The molecule has 1 fully saturated rings. The summed E-state index contributed by atoms with van der Waals surface area (Å²) in [5, 5.41) is 0.464. The van der Waals surface area contributed by atoms with E-state index in [9.17, 15) is 9.59 Å². The lowest BCUT2D eigenvalue weighted by Crippen LogP contribution is -2.49. The molecule has 0 spiro atoms. The van der Waals surface area contributed by atoms with Crippen LogP contribution in [0.1, 0.15) is 5.56 Å². The first-order chi connectivity index (χ1) is 21.5. The first-order valence-corrected chi connectivity index (χ1v) is 14.7. The monoisotopic (exact) mass is 595 g/mol. The number of methoxy groups -OCH3 is 3. The maximum absolute atomic E-state index is 14.0. The standard InChI is InChI=1S/C34H37N5O5/c1-42-26-14-12-24(13-15-26)28-22-27-32(35-28)39(23-25-8-4-6-10-30(25)43-2)34(41)38(33(27)40)21-18-36-16-19-37(20-17-36)29-9-5-7-11-31(29)44-3/h4-15,22,35H,16-21,23H2,1-3H3.